The molecule has 1 atom stereocenters. The van der Waals surface area contributed by atoms with Gasteiger partial charge in [-0.15, -0.1) is 0 Å². The minimum Gasteiger partial charge on any atom is -0.298 e. The van der Waals surface area contributed by atoms with Crippen LogP contribution in [-0.2, 0) is 4.79 Å². The van der Waals surface area contributed by atoms with Gasteiger partial charge in [0.05, 0.1) is 5.33 Å². The van der Waals surface area contributed by atoms with Crippen molar-refractivity contribution >= 4 is 21.7 Å². The van der Waals surface area contributed by atoms with Crippen molar-refractivity contribution in [3.63, 3.8) is 0 Å². The van der Waals surface area contributed by atoms with Gasteiger partial charge in [0.1, 0.15) is 5.78 Å². The summed E-state index contributed by atoms with van der Waals surface area (Å²) in [4.78, 5) is 11.1. The average molecular weight is 203 g/mol. The van der Waals surface area contributed by atoms with Gasteiger partial charge in [-0.25, -0.2) is 0 Å². The SMILES string of the molecule is O=C(CBr)C1CC=CCC1. The molecule has 0 N–H and O–H groups in total. The predicted octanol–water partition coefficient (Wildman–Crippen LogP) is 2.31. The van der Waals surface area contributed by atoms with E-state index in [1.165, 1.54) is 0 Å². The molecule has 0 aromatic heterocycles. The van der Waals surface area contributed by atoms with Crippen molar-refractivity contribution in [2.45, 2.75) is 19.3 Å². The van der Waals surface area contributed by atoms with Crippen LogP contribution in [0.5, 0.6) is 0 Å². The Morgan fingerprint density at radius 1 is 1.60 bits per heavy atom. The van der Waals surface area contributed by atoms with Gasteiger partial charge in [0.15, 0.2) is 0 Å². The number of ketones is 1. The number of carbonyl (C=O) groups excluding carboxylic acids is 1. The molecule has 1 aliphatic rings. The van der Waals surface area contributed by atoms with Crippen molar-refractivity contribution in [2.24, 2.45) is 5.92 Å². The van der Waals surface area contributed by atoms with Crippen molar-refractivity contribution in [1.29, 1.82) is 0 Å². The number of hydrogen-bond donors (Lipinski definition) is 0. The van der Waals surface area contributed by atoms with Gasteiger partial charge >= 0.3 is 0 Å². The smallest absolute Gasteiger partial charge is 0.146 e. The Bertz CT molecular complexity index is 151. The van der Waals surface area contributed by atoms with Gasteiger partial charge in [-0.05, 0) is 19.3 Å². The van der Waals surface area contributed by atoms with Crippen LogP contribution in [0.15, 0.2) is 12.2 Å². The summed E-state index contributed by atoms with van der Waals surface area (Å²) in [7, 11) is 0. The third-order valence-electron chi connectivity index (χ3n) is 1.86. The largest absolute Gasteiger partial charge is 0.298 e. The first-order chi connectivity index (χ1) is 4.84. The van der Waals surface area contributed by atoms with Crippen molar-refractivity contribution < 1.29 is 4.79 Å². The zero-order valence-corrected chi connectivity index (χ0v) is 7.43. The molecule has 0 bridgehead atoms. The lowest BCUT2D eigenvalue weighted by molar-refractivity contribution is -0.120. The monoisotopic (exact) mass is 202 g/mol. The third-order valence-corrected chi connectivity index (χ3v) is 2.41. The fourth-order valence-corrected chi connectivity index (χ4v) is 1.65. The predicted molar refractivity (Wildman–Crippen MR) is 45.3 cm³/mol. The second kappa shape index (κ2) is 3.91. The summed E-state index contributed by atoms with van der Waals surface area (Å²) in [5.41, 5.74) is 0. The summed E-state index contributed by atoms with van der Waals surface area (Å²) in [5, 5.41) is 0.519. The summed E-state index contributed by atoms with van der Waals surface area (Å²) < 4.78 is 0. The highest BCUT2D eigenvalue weighted by atomic mass is 79.9. The van der Waals surface area contributed by atoms with Crippen LogP contribution in [0.2, 0.25) is 0 Å². The van der Waals surface area contributed by atoms with Crippen LogP contribution in [-0.4, -0.2) is 11.1 Å². The topological polar surface area (TPSA) is 17.1 Å². The molecule has 0 spiro atoms. The number of hydrogen-bond acceptors (Lipinski definition) is 1. The summed E-state index contributed by atoms with van der Waals surface area (Å²) in [6.45, 7) is 0. The molecule has 56 valence electrons. The van der Waals surface area contributed by atoms with Crippen molar-refractivity contribution in [1.82, 2.24) is 0 Å². The summed E-state index contributed by atoms with van der Waals surface area (Å²) in [6, 6.07) is 0. The third kappa shape index (κ3) is 1.94. The van der Waals surface area contributed by atoms with Crippen molar-refractivity contribution in [3.05, 3.63) is 12.2 Å². The van der Waals surface area contributed by atoms with E-state index in [9.17, 15) is 4.79 Å². The number of carbonyl (C=O) groups is 1. The van der Waals surface area contributed by atoms with E-state index in [4.69, 9.17) is 0 Å². The van der Waals surface area contributed by atoms with E-state index in [2.05, 4.69) is 28.1 Å². The van der Waals surface area contributed by atoms with Gasteiger partial charge < -0.3 is 0 Å². The maximum absolute atomic E-state index is 11.1. The molecule has 1 unspecified atom stereocenters. The van der Waals surface area contributed by atoms with Crippen LogP contribution in [0.25, 0.3) is 0 Å². The quantitative estimate of drug-likeness (QED) is 0.497. The normalized spacial score (nSPS) is 24.7. The first-order valence-corrected chi connectivity index (χ1v) is 4.70. The maximum atomic E-state index is 11.1. The van der Waals surface area contributed by atoms with Crippen molar-refractivity contribution in [3.8, 4) is 0 Å². The highest BCUT2D eigenvalue weighted by Crippen LogP contribution is 2.19. The Labute approximate surface area is 69.6 Å². The van der Waals surface area contributed by atoms with E-state index in [1.807, 2.05) is 0 Å². The van der Waals surface area contributed by atoms with Gasteiger partial charge in [0, 0.05) is 5.92 Å². The summed E-state index contributed by atoms with van der Waals surface area (Å²) in [6.07, 6.45) is 7.32. The van der Waals surface area contributed by atoms with E-state index >= 15 is 0 Å². The van der Waals surface area contributed by atoms with E-state index in [1.54, 1.807) is 0 Å². The van der Waals surface area contributed by atoms with Gasteiger partial charge in [-0.2, -0.15) is 0 Å². The molecule has 0 fully saturated rings. The minimum atomic E-state index is 0.296. The highest BCUT2D eigenvalue weighted by molar-refractivity contribution is 9.09. The van der Waals surface area contributed by atoms with Crippen LogP contribution in [0.4, 0.5) is 0 Å². The Morgan fingerprint density at radius 2 is 2.40 bits per heavy atom. The molecular formula is C8H11BrO. The van der Waals surface area contributed by atoms with Gasteiger partial charge in [0.25, 0.3) is 0 Å². The Kier molecular flexibility index (Phi) is 3.13. The molecular weight excluding hydrogens is 192 g/mol. The molecule has 0 aromatic rings. The van der Waals surface area contributed by atoms with Gasteiger partial charge in [0.2, 0.25) is 0 Å². The number of halogens is 1. The molecule has 0 aromatic carbocycles. The minimum absolute atomic E-state index is 0.296. The van der Waals surface area contributed by atoms with Crippen LogP contribution >= 0.6 is 15.9 Å². The van der Waals surface area contributed by atoms with Crippen LogP contribution in [0.3, 0.4) is 0 Å². The second-order valence-corrected chi connectivity index (χ2v) is 3.14. The summed E-state index contributed by atoms with van der Waals surface area (Å²) in [5.74, 6) is 0.647. The van der Waals surface area contributed by atoms with Crippen molar-refractivity contribution in [2.75, 3.05) is 5.33 Å². The molecule has 0 saturated heterocycles. The zero-order valence-electron chi connectivity index (χ0n) is 5.85. The summed E-state index contributed by atoms with van der Waals surface area (Å²) >= 11 is 3.18. The number of alkyl halides is 1. The molecule has 0 heterocycles. The molecule has 0 radical (unpaired) electrons. The first kappa shape index (κ1) is 7.99. The van der Waals surface area contributed by atoms with Crippen LogP contribution in [0, 0.1) is 5.92 Å². The first-order valence-electron chi connectivity index (χ1n) is 3.58. The fraction of sp³-hybridized carbons (Fsp3) is 0.625. The highest BCUT2D eigenvalue weighted by Gasteiger charge is 2.16. The van der Waals surface area contributed by atoms with Gasteiger partial charge in [-0.1, -0.05) is 28.1 Å². The second-order valence-electron chi connectivity index (χ2n) is 2.58. The van der Waals surface area contributed by atoms with Crippen LogP contribution in [0.1, 0.15) is 19.3 Å². The number of Topliss-reactive ketones (excluding diaryl/α,β-unsaturated/α-hetero) is 1. The average Bonchev–Trinajstić information content (AvgIpc) is 2.05. The molecule has 10 heavy (non-hydrogen) atoms. The Hall–Kier alpha value is -0.110. The number of allylic oxidation sites excluding steroid dienone is 2. The lowest BCUT2D eigenvalue weighted by Gasteiger charge is -2.14. The number of rotatable bonds is 2. The van der Waals surface area contributed by atoms with E-state index in [0.29, 0.717) is 17.0 Å². The van der Waals surface area contributed by atoms with Crippen LogP contribution < -0.4 is 0 Å². The lowest BCUT2D eigenvalue weighted by Crippen LogP contribution is -2.16. The Morgan fingerprint density at radius 3 is 2.90 bits per heavy atom. The molecule has 1 rings (SSSR count). The fourth-order valence-electron chi connectivity index (χ4n) is 1.20. The molecule has 0 saturated carbocycles. The van der Waals surface area contributed by atoms with E-state index in [-0.39, 0.29) is 0 Å². The molecule has 2 heteroatoms. The molecule has 0 aliphatic heterocycles. The zero-order chi connectivity index (χ0) is 7.40. The Balaban J connectivity index is 2.41. The lowest BCUT2D eigenvalue weighted by atomic mass is 9.91. The van der Waals surface area contributed by atoms with Gasteiger partial charge in [-0.3, -0.25) is 4.79 Å². The standard InChI is InChI=1S/C8H11BrO/c9-6-8(10)7-4-2-1-3-5-7/h1-2,7H,3-6H2. The van der Waals surface area contributed by atoms with E-state index < -0.39 is 0 Å². The molecule has 0 amide bonds. The maximum Gasteiger partial charge on any atom is 0.146 e. The molecule has 1 nitrogen and oxygen atoms in total. The van der Waals surface area contributed by atoms with E-state index in [0.717, 1.165) is 19.3 Å². The molecule has 1 aliphatic carbocycles.